The molecule has 0 radical (unpaired) electrons. The van der Waals surface area contributed by atoms with Crippen LogP contribution in [0.5, 0.6) is 0 Å². The van der Waals surface area contributed by atoms with Crippen molar-refractivity contribution in [1.29, 1.82) is 0 Å². The van der Waals surface area contributed by atoms with Gasteiger partial charge in [0.2, 0.25) is 0 Å². The van der Waals surface area contributed by atoms with Crippen LogP contribution in [0, 0.1) is 23.3 Å². The lowest BCUT2D eigenvalue weighted by Gasteiger charge is -2.11. The molecule has 0 unspecified atom stereocenters. The van der Waals surface area contributed by atoms with Gasteiger partial charge in [-0.15, -0.1) is 0 Å². The van der Waals surface area contributed by atoms with E-state index >= 15 is 0 Å². The first-order chi connectivity index (χ1) is 9.96. The van der Waals surface area contributed by atoms with Crippen LogP contribution in [-0.4, -0.2) is 9.97 Å². The predicted octanol–water partition coefficient (Wildman–Crippen LogP) is 2.62. The number of aromatic nitrogens is 2. The highest BCUT2D eigenvalue weighted by atomic mass is 19.2. The highest BCUT2D eigenvalue weighted by molar-refractivity contribution is 5.60. The van der Waals surface area contributed by atoms with E-state index in [0.29, 0.717) is 12.2 Å². The van der Waals surface area contributed by atoms with E-state index in [2.05, 4.69) is 20.7 Å². The van der Waals surface area contributed by atoms with E-state index in [-0.39, 0.29) is 17.7 Å². The number of nitrogen functional groups attached to an aromatic ring is 1. The Labute approximate surface area is 117 Å². The molecular weight excluding hydrogens is 290 g/mol. The molecule has 0 atom stereocenters. The zero-order chi connectivity index (χ0) is 15.6. The first-order valence-corrected chi connectivity index (χ1v) is 5.90. The summed E-state index contributed by atoms with van der Waals surface area (Å²) in [5.41, 5.74) is 1.28. The summed E-state index contributed by atoms with van der Waals surface area (Å²) in [5, 5.41) is 2.19. The number of benzene rings is 1. The Kier molecular flexibility index (Phi) is 4.22. The number of halogens is 4. The van der Waals surface area contributed by atoms with E-state index in [1.54, 1.807) is 6.92 Å². The van der Waals surface area contributed by atoms with E-state index in [0.717, 1.165) is 0 Å². The Morgan fingerprint density at radius 1 is 1.00 bits per heavy atom. The first kappa shape index (κ1) is 15.0. The largest absolute Gasteiger partial charge is 0.335 e. The smallest absolute Gasteiger partial charge is 0.185 e. The Morgan fingerprint density at radius 3 is 2.10 bits per heavy atom. The number of rotatable bonds is 4. The monoisotopic (exact) mass is 301 g/mol. The molecule has 2 aromatic rings. The average Bonchev–Trinajstić information content (AvgIpc) is 2.49. The number of anilines is 3. The third-order valence-corrected chi connectivity index (χ3v) is 2.60. The fourth-order valence-electron chi connectivity index (χ4n) is 1.60. The summed E-state index contributed by atoms with van der Waals surface area (Å²) in [7, 11) is 0. The quantitative estimate of drug-likeness (QED) is 0.350. The second kappa shape index (κ2) is 5.92. The van der Waals surface area contributed by atoms with E-state index in [1.807, 2.05) is 0 Å². The summed E-state index contributed by atoms with van der Waals surface area (Å²) in [6, 6.07) is 1.36. The van der Waals surface area contributed by atoms with Gasteiger partial charge >= 0.3 is 0 Å². The van der Waals surface area contributed by atoms with Crippen LogP contribution in [0.1, 0.15) is 12.7 Å². The van der Waals surface area contributed by atoms with Gasteiger partial charge in [-0.3, -0.25) is 0 Å². The Bertz CT molecular complexity index is 629. The summed E-state index contributed by atoms with van der Waals surface area (Å²) in [6.07, 6.45) is 0.423. The Morgan fingerprint density at radius 2 is 1.57 bits per heavy atom. The molecule has 2 rings (SSSR count). The van der Waals surface area contributed by atoms with Crippen LogP contribution in [0.2, 0.25) is 0 Å². The van der Waals surface area contributed by atoms with Crippen LogP contribution in [-0.2, 0) is 6.42 Å². The zero-order valence-electron chi connectivity index (χ0n) is 10.8. The minimum absolute atomic E-state index is 0.0578. The topological polar surface area (TPSA) is 75.9 Å². The maximum atomic E-state index is 13.6. The van der Waals surface area contributed by atoms with Gasteiger partial charge in [0, 0.05) is 18.6 Å². The summed E-state index contributed by atoms with van der Waals surface area (Å²) in [6.45, 7) is 1.75. The van der Waals surface area contributed by atoms with Crippen molar-refractivity contribution >= 4 is 17.3 Å². The number of hydrazine groups is 1. The summed E-state index contributed by atoms with van der Waals surface area (Å²) < 4.78 is 53.4. The average molecular weight is 301 g/mol. The van der Waals surface area contributed by atoms with Gasteiger partial charge in [-0.1, -0.05) is 6.92 Å². The molecule has 0 amide bonds. The second-order valence-corrected chi connectivity index (χ2v) is 4.02. The molecule has 0 spiro atoms. The molecule has 0 fully saturated rings. The minimum atomic E-state index is -1.55. The molecule has 1 aromatic heterocycles. The van der Waals surface area contributed by atoms with E-state index in [4.69, 9.17) is 5.84 Å². The molecule has 0 aliphatic rings. The third-order valence-electron chi connectivity index (χ3n) is 2.60. The van der Waals surface area contributed by atoms with Crippen molar-refractivity contribution in [2.24, 2.45) is 5.84 Å². The van der Waals surface area contributed by atoms with Gasteiger partial charge in [0.25, 0.3) is 0 Å². The van der Waals surface area contributed by atoms with Crippen LogP contribution in [0.4, 0.5) is 34.9 Å². The van der Waals surface area contributed by atoms with Crippen LogP contribution in [0.25, 0.3) is 0 Å². The standard InChI is InChI=1S/C12H11F4N5/c1-2-7-18-8(4-9(19-7)21-17)20-12-10(15)5(13)3-6(14)11(12)16/h3-4H,2,17H2,1H3,(H2,18,19,20,21). The number of nitrogens with two attached hydrogens (primary N) is 1. The fourth-order valence-corrected chi connectivity index (χ4v) is 1.60. The highest BCUT2D eigenvalue weighted by Crippen LogP contribution is 2.27. The molecule has 0 saturated heterocycles. The summed E-state index contributed by atoms with van der Waals surface area (Å²) in [4.78, 5) is 7.91. The zero-order valence-corrected chi connectivity index (χ0v) is 10.8. The molecule has 21 heavy (non-hydrogen) atoms. The molecule has 0 aliphatic carbocycles. The molecule has 0 aliphatic heterocycles. The minimum Gasteiger partial charge on any atom is -0.335 e. The lowest BCUT2D eigenvalue weighted by molar-refractivity contribution is 0.459. The predicted molar refractivity (Wildman–Crippen MR) is 68.8 cm³/mol. The van der Waals surface area contributed by atoms with Crippen molar-refractivity contribution in [1.82, 2.24) is 9.97 Å². The molecular formula is C12H11F4N5. The van der Waals surface area contributed by atoms with Gasteiger partial charge in [0.05, 0.1) is 0 Å². The summed E-state index contributed by atoms with van der Waals surface area (Å²) >= 11 is 0. The first-order valence-electron chi connectivity index (χ1n) is 5.90. The Balaban J connectivity index is 2.47. The third kappa shape index (κ3) is 3.02. The van der Waals surface area contributed by atoms with Gasteiger partial charge in [-0.05, 0) is 0 Å². The van der Waals surface area contributed by atoms with Crippen LogP contribution in [0.3, 0.4) is 0 Å². The van der Waals surface area contributed by atoms with Gasteiger partial charge in [0.1, 0.15) is 23.1 Å². The van der Waals surface area contributed by atoms with Gasteiger partial charge < -0.3 is 10.7 Å². The molecule has 5 nitrogen and oxygen atoms in total. The molecule has 112 valence electrons. The normalized spacial score (nSPS) is 10.6. The number of nitrogens with zero attached hydrogens (tertiary/aromatic N) is 2. The van der Waals surface area contributed by atoms with E-state index in [9.17, 15) is 17.6 Å². The summed E-state index contributed by atoms with van der Waals surface area (Å²) in [5.74, 6) is -0.471. The van der Waals surface area contributed by atoms with E-state index in [1.165, 1.54) is 6.07 Å². The van der Waals surface area contributed by atoms with Crippen molar-refractivity contribution in [3.63, 3.8) is 0 Å². The molecule has 1 heterocycles. The van der Waals surface area contributed by atoms with Crippen molar-refractivity contribution < 1.29 is 17.6 Å². The van der Waals surface area contributed by atoms with Crippen molar-refractivity contribution in [3.8, 4) is 0 Å². The lowest BCUT2D eigenvalue weighted by atomic mass is 10.2. The molecule has 0 saturated carbocycles. The number of hydrogen-bond donors (Lipinski definition) is 3. The Hall–Kier alpha value is -2.42. The highest BCUT2D eigenvalue weighted by Gasteiger charge is 2.20. The maximum absolute atomic E-state index is 13.6. The van der Waals surface area contributed by atoms with Crippen LogP contribution in [0.15, 0.2) is 12.1 Å². The fraction of sp³-hybridized carbons (Fsp3) is 0.167. The van der Waals surface area contributed by atoms with Crippen molar-refractivity contribution in [3.05, 3.63) is 41.2 Å². The van der Waals surface area contributed by atoms with Crippen LogP contribution >= 0.6 is 0 Å². The molecule has 1 aromatic carbocycles. The lowest BCUT2D eigenvalue weighted by Crippen LogP contribution is -2.12. The van der Waals surface area contributed by atoms with Gasteiger partial charge in [-0.25, -0.2) is 33.4 Å². The SMILES string of the molecule is CCc1nc(NN)cc(Nc2c(F)c(F)cc(F)c2F)n1. The van der Waals surface area contributed by atoms with Crippen LogP contribution < -0.4 is 16.6 Å². The van der Waals surface area contributed by atoms with E-state index < -0.39 is 29.0 Å². The maximum Gasteiger partial charge on any atom is 0.185 e. The second-order valence-electron chi connectivity index (χ2n) is 4.02. The molecule has 0 bridgehead atoms. The molecule has 4 N–H and O–H groups in total. The molecule has 9 heteroatoms. The number of hydrogen-bond acceptors (Lipinski definition) is 5. The number of aryl methyl sites for hydroxylation is 1. The van der Waals surface area contributed by atoms with Crippen molar-refractivity contribution in [2.45, 2.75) is 13.3 Å². The number of nitrogens with one attached hydrogen (secondary N) is 2. The van der Waals surface area contributed by atoms with Crippen molar-refractivity contribution in [2.75, 3.05) is 10.7 Å². The van der Waals surface area contributed by atoms with Gasteiger partial charge in [0.15, 0.2) is 23.3 Å². The van der Waals surface area contributed by atoms with Gasteiger partial charge in [-0.2, -0.15) is 0 Å².